The maximum atomic E-state index is 14.4. The number of halogens is 1. The van der Waals surface area contributed by atoms with Gasteiger partial charge in [-0.25, -0.2) is 9.37 Å². The van der Waals surface area contributed by atoms with Gasteiger partial charge in [0.1, 0.15) is 0 Å². The van der Waals surface area contributed by atoms with E-state index in [9.17, 15) is 14.0 Å². The number of piperazine rings is 1. The van der Waals surface area contributed by atoms with Crippen molar-refractivity contribution in [3.8, 4) is 0 Å². The van der Waals surface area contributed by atoms with Crippen LogP contribution >= 0.6 is 0 Å². The summed E-state index contributed by atoms with van der Waals surface area (Å²) in [6.45, 7) is 8.74. The first-order chi connectivity index (χ1) is 15.4. The number of hydrogen-bond acceptors (Lipinski definition) is 6. The van der Waals surface area contributed by atoms with Gasteiger partial charge in [0.2, 0.25) is 5.91 Å². The molecular weight excluding hydrogens is 411 g/mol. The van der Waals surface area contributed by atoms with Gasteiger partial charge in [0, 0.05) is 63.3 Å². The summed E-state index contributed by atoms with van der Waals surface area (Å²) in [4.78, 5) is 32.6. The number of carbonyl (C=O) groups excluding carboxylic acids is 2. The number of hydrogen-bond donors (Lipinski definition) is 3. The van der Waals surface area contributed by atoms with E-state index in [4.69, 9.17) is 0 Å². The van der Waals surface area contributed by atoms with E-state index >= 15 is 0 Å². The minimum Gasteiger partial charge on any atom is -0.365 e. The number of nitrogens with one attached hydrogen (secondary N) is 3. The summed E-state index contributed by atoms with van der Waals surface area (Å²) in [5.41, 5.74) is 0.533. The van der Waals surface area contributed by atoms with Crippen molar-refractivity contribution in [2.75, 3.05) is 44.7 Å². The van der Waals surface area contributed by atoms with Gasteiger partial charge in [-0.1, -0.05) is 6.92 Å². The van der Waals surface area contributed by atoms with Crippen molar-refractivity contribution in [2.45, 2.75) is 51.2 Å². The highest BCUT2D eigenvalue weighted by molar-refractivity contribution is 5.92. The Kier molecular flexibility index (Phi) is 6.95. The third kappa shape index (κ3) is 4.73. The number of pyridine rings is 1. The highest BCUT2D eigenvalue weighted by Gasteiger charge is 2.39. The Morgan fingerprint density at radius 1 is 1.31 bits per heavy atom. The van der Waals surface area contributed by atoms with E-state index < -0.39 is 11.7 Å². The van der Waals surface area contributed by atoms with Crippen LogP contribution in [0.3, 0.4) is 0 Å². The number of rotatable bonds is 5. The van der Waals surface area contributed by atoms with Crippen LogP contribution in [0, 0.1) is 17.7 Å². The summed E-state index contributed by atoms with van der Waals surface area (Å²) in [7, 11) is 1.46. The molecule has 4 heterocycles. The Hall–Kier alpha value is -2.26. The topological polar surface area (TPSA) is 89.6 Å². The van der Waals surface area contributed by atoms with Gasteiger partial charge >= 0.3 is 0 Å². The average molecular weight is 447 g/mol. The van der Waals surface area contributed by atoms with Crippen molar-refractivity contribution in [3.63, 3.8) is 0 Å². The molecule has 2 amide bonds. The molecule has 0 aliphatic carbocycles. The summed E-state index contributed by atoms with van der Waals surface area (Å²) >= 11 is 0. The van der Waals surface area contributed by atoms with Crippen LogP contribution in [0.5, 0.6) is 0 Å². The van der Waals surface area contributed by atoms with Gasteiger partial charge in [0.05, 0.1) is 11.9 Å². The smallest absolute Gasteiger partial charge is 0.272 e. The predicted molar refractivity (Wildman–Crippen MR) is 121 cm³/mol. The van der Waals surface area contributed by atoms with Crippen molar-refractivity contribution in [3.05, 3.63) is 23.8 Å². The monoisotopic (exact) mass is 446 g/mol. The third-order valence-corrected chi connectivity index (χ3v) is 7.30. The van der Waals surface area contributed by atoms with Crippen molar-refractivity contribution in [1.29, 1.82) is 0 Å². The van der Waals surface area contributed by atoms with Crippen LogP contribution in [0.2, 0.25) is 0 Å². The molecular formula is C23H35FN6O2. The van der Waals surface area contributed by atoms with Gasteiger partial charge in [-0.3, -0.25) is 14.5 Å². The number of fused-ring (bicyclic) bond motifs is 1. The molecule has 4 unspecified atom stereocenters. The second-order valence-corrected chi connectivity index (χ2v) is 9.48. The van der Waals surface area contributed by atoms with Crippen molar-refractivity contribution < 1.29 is 14.0 Å². The molecule has 3 N–H and O–H groups in total. The molecule has 3 aliphatic rings. The Morgan fingerprint density at radius 3 is 2.81 bits per heavy atom. The van der Waals surface area contributed by atoms with E-state index in [1.54, 1.807) is 6.20 Å². The van der Waals surface area contributed by atoms with Gasteiger partial charge in [-0.15, -0.1) is 0 Å². The zero-order chi connectivity index (χ0) is 22.8. The summed E-state index contributed by atoms with van der Waals surface area (Å²) in [5.74, 6) is -0.270. The Balaban J connectivity index is 1.31. The van der Waals surface area contributed by atoms with Gasteiger partial charge in [-0.2, -0.15) is 0 Å². The third-order valence-electron chi connectivity index (χ3n) is 7.30. The molecule has 0 bridgehead atoms. The van der Waals surface area contributed by atoms with Crippen molar-refractivity contribution in [2.24, 2.45) is 11.8 Å². The zero-order valence-electron chi connectivity index (χ0n) is 19.2. The molecule has 9 heteroatoms. The average Bonchev–Trinajstić information content (AvgIpc) is 2.78. The normalized spacial score (nSPS) is 31.1. The predicted octanol–water partition coefficient (Wildman–Crippen LogP) is 0.984. The largest absolute Gasteiger partial charge is 0.365 e. The summed E-state index contributed by atoms with van der Waals surface area (Å²) in [6.07, 6.45) is 4.44. The second kappa shape index (κ2) is 9.70. The number of piperidine rings is 2. The Labute approximate surface area is 189 Å². The molecule has 0 saturated carbocycles. The molecule has 3 saturated heterocycles. The fourth-order valence-electron chi connectivity index (χ4n) is 5.50. The molecule has 0 spiro atoms. The van der Waals surface area contributed by atoms with Crippen LogP contribution in [0.4, 0.5) is 10.1 Å². The molecule has 176 valence electrons. The standard InChI is InChI=1S/C23H35FN6O2/c1-4-16-8-19-20(28-22(16)31)7-15(10-26-19)13-29-5-6-30(14(2)12-29)17-9-18(24)21(27-11-17)23(32)25-3/h9,11,14-16,19-20,26H,4-8,10,12-13H2,1-3H3,(H,25,32)(H,28,31)/t14-,15?,16?,19?,20?/m1/s1. The second-order valence-electron chi connectivity index (χ2n) is 9.48. The fourth-order valence-corrected chi connectivity index (χ4v) is 5.50. The maximum absolute atomic E-state index is 14.4. The lowest BCUT2D eigenvalue weighted by Crippen LogP contribution is -2.63. The molecule has 5 atom stereocenters. The van der Waals surface area contributed by atoms with Crippen LogP contribution in [-0.4, -0.2) is 79.6 Å². The van der Waals surface area contributed by atoms with Gasteiger partial charge < -0.3 is 20.9 Å². The molecule has 32 heavy (non-hydrogen) atoms. The maximum Gasteiger partial charge on any atom is 0.272 e. The lowest BCUT2D eigenvalue weighted by molar-refractivity contribution is -0.129. The zero-order valence-corrected chi connectivity index (χ0v) is 19.2. The van der Waals surface area contributed by atoms with Gasteiger partial charge in [0.25, 0.3) is 5.91 Å². The molecule has 0 radical (unpaired) electrons. The van der Waals surface area contributed by atoms with Crippen LogP contribution in [0.25, 0.3) is 0 Å². The molecule has 3 aliphatic heterocycles. The number of amides is 2. The summed E-state index contributed by atoms with van der Waals surface area (Å²) in [6, 6.07) is 2.24. The minimum absolute atomic E-state index is 0.138. The first-order valence-corrected chi connectivity index (χ1v) is 11.8. The van der Waals surface area contributed by atoms with Crippen LogP contribution < -0.4 is 20.9 Å². The Morgan fingerprint density at radius 2 is 2.12 bits per heavy atom. The minimum atomic E-state index is -0.598. The summed E-state index contributed by atoms with van der Waals surface area (Å²) in [5, 5.41) is 9.34. The number of nitrogens with zero attached hydrogens (tertiary/aromatic N) is 3. The lowest BCUT2D eigenvalue weighted by atomic mass is 9.80. The highest BCUT2D eigenvalue weighted by atomic mass is 19.1. The lowest BCUT2D eigenvalue weighted by Gasteiger charge is -2.46. The number of aromatic nitrogens is 1. The first-order valence-electron chi connectivity index (χ1n) is 11.8. The van der Waals surface area contributed by atoms with Crippen molar-refractivity contribution in [1.82, 2.24) is 25.8 Å². The molecule has 4 rings (SSSR count). The quantitative estimate of drug-likeness (QED) is 0.625. The van der Waals surface area contributed by atoms with Gasteiger partial charge in [-0.05, 0) is 38.6 Å². The highest BCUT2D eigenvalue weighted by Crippen LogP contribution is 2.28. The van der Waals surface area contributed by atoms with E-state index in [-0.39, 0.29) is 29.6 Å². The molecule has 1 aromatic rings. The fraction of sp³-hybridized carbons (Fsp3) is 0.696. The molecule has 0 aromatic carbocycles. The number of anilines is 1. The van der Waals surface area contributed by atoms with E-state index in [0.717, 1.165) is 52.0 Å². The molecule has 8 nitrogen and oxygen atoms in total. The SMILES string of the molecule is CCC1CC2NCC(CN3CCN(c4cnc(C(=O)NC)c(F)c4)[C@H](C)C3)CC2NC1=O. The van der Waals surface area contributed by atoms with E-state index in [2.05, 4.69) is 44.6 Å². The Bertz CT molecular complexity index is 852. The van der Waals surface area contributed by atoms with E-state index in [0.29, 0.717) is 17.6 Å². The molecule has 3 fully saturated rings. The van der Waals surface area contributed by atoms with Gasteiger partial charge in [0.15, 0.2) is 11.5 Å². The first kappa shape index (κ1) is 22.9. The molecule has 1 aromatic heterocycles. The summed E-state index contributed by atoms with van der Waals surface area (Å²) < 4.78 is 14.4. The van der Waals surface area contributed by atoms with Crippen LogP contribution in [-0.2, 0) is 4.79 Å². The van der Waals surface area contributed by atoms with Crippen LogP contribution in [0.15, 0.2) is 12.3 Å². The van der Waals surface area contributed by atoms with Crippen molar-refractivity contribution >= 4 is 17.5 Å². The van der Waals surface area contributed by atoms with Crippen LogP contribution in [0.1, 0.15) is 43.6 Å². The van der Waals surface area contributed by atoms with E-state index in [1.807, 2.05) is 0 Å². The number of carbonyl (C=O) groups is 2. The van der Waals surface area contributed by atoms with E-state index in [1.165, 1.54) is 13.1 Å².